The van der Waals surface area contributed by atoms with Crippen LogP contribution in [-0.4, -0.2) is 48.3 Å². The van der Waals surface area contributed by atoms with Crippen molar-refractivity contribution < 1.29 is 14.0 Å². The van der Waals surface area contributed by atoms with E-state index in [-0.39, 0.29) is 11.5 Å². The number of hydrogen-bond acceptors (Lipinski definition) is 4. The Morgan fingerprint density at radius 2 is 1.97 bits per heavy atom. The van der Waals surface area contributed by atoms with Crippen molar-refractivity contribution in [3.05, 3.63) is 52.1 Å². The van der Waals surface area contributed by atoms with Crippen LogP contribution >= 0.6 is 0 Å². The number of aryl methyl sites for hydroxylation is 1. The van der Waals surface area contributed by atoms with Gasteiger partial charge in [0.1, 0.15) is 5.82 Å². The SMILES string of the molecule is CCN(CC)CCNC(=O)c1c(C)[nH]c(/C=C(\C=O)c2cc(F)ccc2N)c1C. The van der Waals surface area contributed by atoms with Gasteiger partial charge in [0.05, 0.1) is 5.56 Å². The molecule has 0 aliphatic carbocycles. The van der Waals surface area contributed by atoms with Crippen molar-refractivity contribution in [1.82, 2.24) is 15.2 Å². The normalized spacial score (nSPS) is 11.7. The minimum atomic E-state index is -0.477. The zero-order valence-corrected chi connectivity index (χ0v) is 17.4. The summed E-state index contributed by atoms with van der Waals surface area (Å²) in [5.74, 6) is -0.643. The van der Waals surface area contributed by atoms with Gasteiger partial charge >= 0.3 is 0 Å². The van der Waals surface area contributed by atoms with Crippen LogP contribution in [-0.2, 0) is 4.79 Å². The number of likely N-dealkylation sites (N-methyl/N-ethyl adjacent to an activating group) is 1. The molecule has 29 heavy (non-hydrogen) atoms. The van der Waals surface area contributed by atoms with E-state index in [1.54, 1.807) is 13.0 Å². The molecule has 2 rings (SSSR count). The molecule has 0 radical (unpaired) electrons. The Hall–Kier alpha value is -2.93. The second kappa shape index (κ2) is 10.0. The van der Waals surface area contributed by atoms with Crippen LogP contribution < -0.4 is 11.1 Å². The van der Waals surface area contributed by atoms with E-state index >= 15 is 0 Å². The first-order chi connectivity index (χ1) is 13.8. The number of halogens is 1. The first-order valence-corrected chi connectivity index (χ1v) is 9.74. The van der Waals surface area contributed by atoms with Crippen LogP contribution in [0.2, 0.25) is 0 Å². The van der Waals surface area contributed by atoms with Crippen LogP contribution in [0.25, 0.3) is 11.6 Å². The zero-order chi connectivity index (χ0) is 21.6. The minimum Gasteiger partial charge on any atom is -0.398 e. The van der Waals surface area contributed by atoms with Gasteiger partial charge in [-0.15, -0.1) is 0 Å². The molecule has 0 atom stereocenters. The smallest absolute Gasteiger partial charge is 0.253 e. The first kappa shape index (κ1) is 22.4. The topological polar surface area (TPSA) is 91.2 Å². The van der Waals surface area contributed by atoms with Gasteiger partial charge in [-0.25, -0.2) is 4.39 Å². The Balaban J connectivity index is 2.27. The van der Waals surface area contributed by atoms with Crippen molar-refractivity contribution in [2.24, 2.45) is 0 Å². The van der Waals surface area contributed by atoms with Gasteiger partial charge in [-0.1, -0.05) is 13.8 Å². The molecular weight excluding hydrogens is 371 g/mol. The Bertz CT molecular complexity index is 914. The number of amides is 1. The summed E-state index contributed by atoms with van der Waals surface area (Å²) in [5.41, 5.74) is 9.34. The van der Waals surface area contributed by atoms with Crippen LogP contribution in [0, 0.1) is 19.7 Å². The number of anilines is 1. The number of aromatic nitrogens is 1. The third-order valence-electron chi connectivity index (χ3n) is 5.06. The quantitative estimate of drug-likeness (QED) is 0.343. The molecule has 0 bridgehead atoms. The molecule has 0 fully saturated rings. The van der Waals surface area contributed by atoms with Crippen molar-refractivity contribution in [2.75, 3.05) is 31.9 Å². The molecule has 2 aromatic rings. The maximum Gasteiger partial charge on any atom is 0.253 e. The number of nitrogen functional groups attached to an aromatic ring is 1. The lowest BCUT2D eigenvalue weighted by atomic mass is 10.0. The number of carbonyl (C=O) groups excluding carboxylic acids is 2. The number of H-pyrrole nitrogens is 1. The Labute approximate surface area is 171 Å². The molecule has 1 amide bonds. The summed E-state index contributed by atoms with van der Waals surface area (Å²) < 4.78 is 13.6. The average molecular weight is 400 g/mol. The predicted octanol–water partition coefficient (Wildman–Crippen LogP) is 3.16. The van der Waals surface area contributed by atoms with E-state index in [2.05, 4.69) is 29.0 Å². The van der Waals surface area contributed by atoms with Crippen molar-refractivity contribution in [1.29, 1.82) is 0 Å². The van der Waals surface area contributed by atoms with Gasteiger partial charge in [-0.2, -0.15) is 0 Å². The predicted molar refractivity (Wildman–Crippen MR) is 115 cm³/mol. The molecule has 1 aromatic heterocycles. The lowest BCUT2D eigenvalue weighted by Crippen LogP contribution is -2.35. The van der Waals surface area contributed by atoms with E-state index in [4.69, 9.17) is 5.73 Å². The van der Waals surface area contributed by atoms with Crippen LogP contribution in [0.5, 0.6) is 0 Å². The molecule has 0 spiro atoms. The zero-order valence-electron chi connectivity index (χ0n) is 17.4. The summed E-state index contributed by atoms with van der Waals surface area (Å²) in [4.78, 5) is 29.7. The fourth-order valence-electron chi connectivity index (χ4n) is 3.32. The van der Waals surface area contributed by atoms with Crippen LogP contribution in [0.15, 0.2) is 18.2 Å². The lowest BCUT2D eigenvalue weighted by Gasteiger charge is -2.18. The first-order valence-electron chi connectivity index (χ1n) is 9.74. The molecule has 4 N–H and O–H groups in total. The number of rotatable bonds is 9. The number of nitrogens with two attached hydrogens (primary N) is 1. The van der Waals surface area contributed by atoms with E-state index < -0.39 is 5.82 Å². The lowest BCUT2D eigenvalue weighted by molar-refractivity contribution is -0.103. The maximum atomic E-state index is 13.6. The number of aldehydes is 1. The van der Waals surface area contributed by atoms with Crippen molar-refractivity contribution in [3.8, 4) is 0 Å². The summed E-state index contributed by atoms with van der Waals surface area (Å²) in [6.45, 7) is 11.0. The van der Waals surface area contributed by atoms with E-state index in [0.29, 0.717) is 41.0 Å². The van der Waals surface area contributed by atoms with E-state index in [1.165, 1.54) is 18.2 Å². The van der Waals surface area contributed by atoms with Crippen LogP contribution in [0.3, 0.4) is 0 Å². The van der Waals surface area contributed by atoms with E-state index in [1.807, 2.05) is 6.92 Å². The van der Waals surface area contributed by atoms with Gasteiger partial charge in [-0.05, 0) is 56.8 Å². The van der Waals surface area contributed by atoms with Crippen molar-refractivity contribution >= 4 is 29.5 Å². The Morgan fingerprint density at radius 1 is 1.28 bits per heavy atom. The second-order valence-corrected chi connectivity index (χ2v) is 6.90. The van der Waals surface area contributed by atoms with Gasteiger partial charge in [0, 0.05) is 41.3 Å². The highest BCUT2D eigenvalue weighted by molar-refractivity contribution is 6.15. The Morgan fingerprint density at radius 3 is 2.59 bits per heavy atom. The number of allylic oxidation sites excluding steroid dienone is 1. The molecule has 0 unspecified atom stereocenters. The highest BCUT2D eigenvalue weighted by atomic mass is 19.1. The maximum absolute atomic E-state index is 13.6. The summed E-state index contributed by atoms with van der Waals surface area (Å²) >= 11 is 0. The minimum absolute atomic E-state index is 0.166. The van der Waals surface area contributed by atoms with Gasteiger partial charge < -0.3 is 20.9 Å². The van der Waals surface area contributed by atoms with Gasteiger partial charge in [0.25, 0.3) is 5.91 Å². The van der Waals surface area contributed by atoms with E-state index in [9.17, 15) is 14.0 Å². The van der Waals surface area contributed by atoms with Gasteiger partial charge in [0.15, 0.2) is 6.29 Å². The molecule has 0 saturated heterocycles. The number of benzene rings is 1. The Kier molecular flexibility index (Phi) is 7.73. The average Bonchev–Trinajstić information content (AvgIpc) is 2.98. The molecule has 0 saturated carbocycles. The molecule has 6 nitrogen and oxygen atoms in total. The van der Waals surface area contributed by atoms with Crippen molar-refractivity contribution in [3.63, 3.8) is 0 Å². The highest BCUT2D eigenvalue weighted by Crippen LogP contribution is 2.26. The molecule has 156 valence electrons. The molecule has 1 heterocycles. The monoisotopic (exact) mass is 400 g/mol. The number of nitrogens with zero attached hydrogens (tertiary/aromatic N) is 1. The summed E-state index contributed by atoms with van der Waals surface area (Å²) in [6.07, 6.45) is 2.22. The largest absolute Gasteiger partial charge is 0.398 e. The second-order valence-electron chi connectivity index (χ2n) is 6.90. The summed E-state index contributed by atoms with van der Waals surface area (Å²) in [6, 6.07) is 3.89. The standard InChI is InChI=1S/C22H29FN4O2/c1-5-27(6-2)10-9-25-22(29)21-14(3)20(26-15(21)4)11-16(13-28)18-12-17(23)7-8-19(18)24/h7-8,11-13,26H,5-6,9-10,24H2,1-4H3,(H,25,29)/b16-11+. The molecule has 0 aliphatic heterocycles. The number of nitrogens with one attached hydrogen (secondary N) is 2. The third-order valence-corrected chi connectivity index (χ3v) is 5.06. The highest BCUT2D eigenvalue weighted by Gasteiger charge is 2.18. The molecule has 0 aliphatic rings. The molecule has 7 heteroatoms. The third kappa shape index (κ3) is 5.32. The summed E-state index contributed by atoms with van der Waals surface area (Å²) in [5, 5.41) is 2.95. The van der Waals surface area contributed by atoms with Crippen LogP contribution in [0.1, 0.15) is 46.7 Å². The van der Waals surface area contributed by atoms with E-state index in [0.717, 1.165) is 25.2 Å². The van der Waals surface area contributed by atoms with Crippen LogP contribution in [0.4, 0.5) is 10.1 Å². The summed E-state index contributed by atoms with van der Waals surface area (Å²) in [7, 11) is 0. The number of aromatic amines is 1. The van der Waals surface area contributed by atoms with Gasteiger partial charge in [-0.3, -0.25) is 9.59 Å². The number of carbonyl (C=O) groups is 2. The fraction of sp³-hybridized carbons (Fsp3) is 0.364. The molecule has 1 aromatic carbocycles. The van der Waals surface area contributed by atoms with Crippen molar-refractivity contribution in [2.45, 2.75) is 27.7 Å². The molecular formula is C22H29FN4O2. The fourth-order valence-corrected chi connectivity index (χ4v) is 3.32. The number of hydrogen-bond donors (Lipinski definition) is 3. The van der Waals surface area contributed by atoms with Gasteiger partial charge in [0.2, 0.25) is 0 Å².